The van der Waals surface area contributed by atoms with Crippen LogP contribution < -0.4 is 15.8 Å². The molecule has 1 atom stereocenters. The number of rotatable bonds is 6. The zero-order valence-electron chi connectivity index (χ0n) is 12.3. The molecule has 0 saturated heterocycles. The summed E-state index contributed by atoms with van der Waals surface area (Å²) in [5.74, 6) is 0.905. The van der Waals surface area contributed by atoms with Crippen molar-refractivity contribution in [2.45, 2.75) is 38.8 Å². The van der Waals surface area contributed by atoms with Gasteiger partial charge in [0, 0.05) is 17.6 Å². The van der Waals surface area contributed by atoms with Crippen molar-refractivity contribution in [2.75, 3.05) is 6.54 Å². The lowest BCUT2D eigenvalue weighted by molar-refractivity contribution is 0.0944. The first-order valence-corrected chi connectivity index (χ1v) is 7.35. The largest absolute Gasteiger partial charge is 0.490 e. The van der Waals surface area contributed by atoms with Crippen molar-refractivity contribution in [3.05, 3.63) is 28.8 Å². The maximum absolute atomic E-state index is 12.2. The van der Waals surface area contributed by atoms with Gasteiger partial charge in [-0.05, 0) is 50.8 Å². The Balaban J connectivity index is 0.00000220. The summed E-state index contributed by atoms with van der Waals surface area (Å²) in [5, 5.41) is 3.37. The van der Waals surface area contributed by atoms with Crippen molar-refractivity contribution < 1.29 is 9.53 Å². The molecular formula is C15H22Cl2N2O2. The molecule has 2 rings (SSSR count). The second kappa shape index (κ2) is 7.87. The lowest BCUT2D eigenvalue weighted by Gasteiger charge is -2.16. The summed E-state index contributed by atoms with van der Waals surface area (Å²) in [4.78, 5) is 12.2. The Kier molecular flexibility index (Phi) is 6.78. The van der Waals surface area contributed by atoms with Crippen LogP contribution in [0.15, 0.2) is 18.2 Å². The number of amides is 1. The highest BCUT2D eigenvalue weighted by Gasteiger charge is 2.28. The van der Waals surface area contributed by atoms with E-state index in [1.165, 1.54) is 0 Å². The molecule has 1 aromatic carbocycles. The van der Waals surface area contributed by atoms with Crippen molar-refractivity contribution >= 4 is 29.9 Å². The highest BCUT2D eigenvalue weighted by Crippen LogP contribution is 2.31. The van der Waals surface area contributed by atoms with Crippen LogP contribution in [0.25, 0.3) is 0 Å². The fourth-order valence-electron chi connectivity index (χ4n) is 2.03. The van der Waals surface area contributed by atoms with E-state index in [0.717, 1.165) is 12.8 Å². The maximum Gasteiger partial charge on any atom is 0.255 e. The smallest absolute Gasteiger partial charge is 0.255 e. The standard InChI is InChI=1S/C15H21ClN2O2.ClH/c1-9(2)20-14-6-5-11(16)7-12(14)15(19)18-8-13(17)10-3-4-10;/h5-7,9-10,13H,3-4,8,17H2,1-2H3,(H,18,19);1H. The van der Waals surface area contributed by atoms with Crippen molar-refractivity contribution in [3.63, 3.8) is 0 Å². The molecule has 1 aliphatic rings. The molecule has 1 unspecified atom stereocenters. The highest BCUT2D eigenvalue weighted by molar-refractivity contribution is 6.31. The summed E-state index contributed by atoms with van der Waals surface area (Å²) in [5.41, 5.74) is 6.43. The van der Waals surface area contributed by atoms with Crippen LogP contribution in [-0.2, 0) is 0 Å². The molecule has 1 aliphatic carbocycles. The van der Waals surface area contributed by atoms with Gasteiger partial charge >= 0.3 is 0 Å². The molecule has 0 aliphatic heterocycles. The van der Waals surface area contributed by atoms with E-state index in [1.807, 2.05) is 13.8 Å². The molecule has 1 fully saturated rings. The molecule has 4 nitrogen and oxygen atoms in total. The number of halogens is 2. The molecule has 3 N–H and O–H groups in total. The third-order valence-electron chi connectivity index (χ3n) is 3.27. The lowest BCUT2D eigenvalue weighted by Crippen LogP contribution is -2.38. The molecule has 0 radical (unpaired) electrons. The van der Waals surface area contributed by atoms with Gasteiger partial charge in [-0.3, -0.25) is 4.79 Å². The quantitative estimate of drug-likeness (QED) is 0.841. The average molecular weight is 333 g/mol. The Hall–Kier alpha value is -0.970. The number of hydrogen-bond donors (Lipinski definition) is 2. The third kappa shape index (κ3) is 5.38. The van der Waals surface area contributed by atoms with Crippen LogP contribution in [0.2, 0.25) is 5.02 Å². The summed E-state index contributed by atoms with van der Waals surface area (Å²) >= 11 is 5.96. The van der Waals surface area contributed by atoms with Crippen LogP contribution in [0.4, 0.5) is 0 Å². The van der Waals surface area contributed by atoms with Crippen LogP contribution in [0, 0.1) is 5.92 Å². The fourth-order valence-corrected chi connectivity index (χ4v) is 2.21. The van der Waals surface area contributed by atoms with Crippen LogP contribution >= 0.6 is 24.0 Å². The highest BCUT2D eigenvalue weighted by atomic mass is 35.5. The minimum atomic E-state index is -0.195. The second-order valence-corrected chi connectivity index (χ2v) is 5.95. The first-order valence-electron chi connectivity index (χ1n) is 6.97. The zero-order chi connectivity index (χ0) is 14.7. The molecular weight excluding hydrogens is 311 g/mol. The Morgan fingerprint density at radius 1 is 1.48 bits per heavy atom. The number of hydrogen-bond acceptors (Lipinski definition) is 3. The molecule has 21 heavy (non-hydrogen) atoms. The Morgan fingerprint density at radius 2 is 2.14 bits per heavy atom. The Morgan fingerprint density at radius 3 is 2.71 bits per heavy atom. The zero-order valence-corrected chi connectivity index (χ0v) is 13.8. The molecule has 118 valence electrons. The van der Waals surface area contributed by atoms with E-state index in [0.29, 0.717) is 28.8 Å². The van der Waals surface area contributed by atoms with Gasteiger partial charge in [0.25, 0.3) is 5.91 Å². The molecule has 0 bridgehead atoms. The molecule has 1 aromatic rings. The van der Waals surface area contributed by atoms with Crippen molar-refractivity contribution in [2.24, 2.45) is 11.7 Å². The van der Waals surface area contributed by atoms with E-state index in [-0.39, 0.29) is 30.5 Å². The first-order chi connectivity index (χ1) is 9.47. The SMILES string of the molecule is CC(C)Oc1ccc(Cl)cc1C(=O)NCC(N)C1CC1.Cl. The van der Waals surface area contributed by atoms with E-state index in [4.69, 9.17) is 22.1 Å². The normalized spacial score (nSPS) is 15.3. The van der Waals surface area contributed by atoms with Gasteiger partial charge in [0.05, 0.1) is 11.7 Å². The van der Waals surface area contributed by atoms with Gasteiger partial charge in [0.15, 0.2) is 0 Å². The van der Waals surface area contributed by atoms with Gasteiger partial charge in [-0.1, -0.05) is 11.6 Å². The summed E-state index contributed by atoms with van der Waals surface area (Å²) in [6.07, 6.45) is 2.32. The molecule has 0 heterocycles. The molecule has 6 heteroatoms. The number of nitrogens with two attached hydrogens (primary N) is 1. The second-order valence-electron chi connectivity index (χ2n) is 5.52. The molecule has 0 spiro atoms. The Bertz CT molecular complexity index is 491. The van der Waals surface area contributed by atoms with E-state index < -0.39 is 0 Å². The van der Waals surface area contributed by atoms with E-state index in [1.54, 1.807) is 18.2 Å². The number of benzene rings is 1. The number of carbonyl (C=O) groups is 1. The van der Waals surface area contributed by atoms with Crippen molar-refractivity contribution in [1.29, 1.82) is 0 Å². The summed E-state index contributed by atoms with van der Waals surface area (Å²) in [6, 6.07) is 5.09. The minimum Gasteiger partial charge on any atom is -0.490 e. The first kappa shape index (κ1) is 18.1. The molecule has 1 amide bonds. The fraction of sp³-hybridized carbons (Fsp3) is 0.533. The molecule has 0 aromatic heterocycles. The topological polar surface area (TPSA) is 64.3 Å². The third-order valence-corrected chi connectivity index (χ3v) is 3.51. The number of nitrogens with one attached hydrogen (secondary N) is 1. The van der Waals surface area contributed by atoms with Gasteiger partial charge in [0.2, 0.25) is 0 Å². The molecule has 1 saturated carbocycles. The van der Waals surface area contributed by atoms with Crippen LogP contribution in [-0.4, -0.2) is 24.6 Å². The Labute approximate surface area is 136 Å². The van der Waals surface area contributed by atoms with Gasteiger partial charge < -0.3 is 15.8 Å². The van der Waals surface area contributed by atoms with E-state index >= 15 is 0 Å². The average Bonchev–Trinajstić information content (AvgIpc) is 3.21. The minimum absolute atomic E-state index is 0. The predicted molar refractivity (Wildman–Crippen MR) is 87.5 cm³/mol. The summed E-state index contributed by atoms with van der Waals surface area (Å²) in [6.45, 7) is 4.32. The van der Waals surface area contributed by atoms with Crippen LogP contribution in [0.5, 0.6) is 5.75 Å². The van der Waals surface area contributed by atoms with E-state index in [2.05, 4.69) is 5.32 Å². The van der Waals surface area contributed by atoms with Gasteiger partial charge in [-0.25, -0.2) is 0 Å². The van der Waals surface area contributed by atoms with Crippen LogP contribution in [0.1, 0.15) is 37.0 Å². The van der Waals surface area contributed by atoms with Crippen molar-refractivity contribution in [3.8, 4) is 5.75 Å². The summed E-state index contributed by atoms with van der Waals surface area (Å²) < 4.78 is 5.64. The van der Waals surface area contributed by atoms with E-state index in [9.17, 15) is 4.79 Å². The van der Waals surface area contributed by atoms with Gasteiger partial charge in [-0.15, -0.1) is 12.4 Å². The number of carbonyl (C=O) groups excluding carboxylic acids is 1. The predicted octanol–water partition coefficient (Wildman–Crippen LogP) is 3.02. The lowest BCUT2D eigenvalue weighted by atomic mass is 10.1. The monoisotopic (exact) mass is 332 g/mol. The van der Waals surface area contributed by atoms with Crippen LogP contribution in [0.3, 0.4) is 0 Å². The van der Waals surface area contributed by atoms with Crippen molar-refractivity contribution in [1.82, 2.24) is 5.32 Å². The van der Waals surface area contributed by atoms with Gasteiger partial charge in [0.1, 0.15) is 5.75 Å². The number of ether oxygens (including phenoxy) is 1. The van der Waals surface area contributed by atoms with Gasteiger partial charge in [-0.2, -0.15) is 0 Å². The summed E-state index contributed by atoms with van der Waals surface area (Å²) in [7, 11) is 0. The maximum atomic E-state index is 12.2.